The van der Waals surface area contributed by atoms with E-state index in [2.05, 4.69) is 9.72 Å². The van der Waals surface area contributed by atoms with Gasteiger partial charge in [0, 0.05) is 17.3 Å². The zero-order valence-electron chi connectivity index (χ0n) is 11.9. The summed E-state index contributed by atoms with van der Waals surface area (Å²) in [6.07, 6.45) is -3.34. The summed E-state index contributed by atoms with van der Waals surface area (Å²) in [6.45, 7) is 1.35. The number of aromatic nitrogens is 1. The van der Waals surface area contributed by atoms with Crippen molar-refractivity contribution in [3.63, 3.8) is 0 Å². The van der Waals surface area contributed by atoms with Gasteiger partial charge in [-0.25, -0.2) is 0 Å². The number of alkyl halides is 3. The van der Waals surface area contributed by atoms with Crippen LogP contribution in [0.2, 0.25) is 0 Å². The van der Waals surface area contributed by atoms with Crippen LogP contribution >= 0.6 is 11.6 Å². The van der Waals surface area contributed by atoms with E-state index < -0.39 is 17.4 Å². The van der Waals surface area contributed by atoms with Crippen molar-refractivity contribution in [3.8, 4) is 11.5 Å². The molecule has 2 rings (SSSR count). The third kappa shape index (κ3) is 4.59. The highest BCUT2D eigenvalue weighted by atomic mass is 35.5. The fourth-order valence-corrected chi connectivity index (χ4v) is 2.07. The zero-order chi connectivity index (χ0) is 17.0. The van der Waals surface area contributed by atoms with E-state index >= 15 is 0 Å². The molecule has 0 N–H and O–H groups in total. The summed E-state index contributed by atoms with van der Waals surface area (Å²) in [6, 6.07) is 6.86. The minimum atomic E-state index is -4.90. The number of hydrogen-bond donors (Lipinski definition) is 0. The number of ether oxygens (including phenoxy) is 2. The van der Waals surface area contributed by atoms with Gasteiger partial charge in [0.05, 0.1) is 5.69 Å². The Morgan fingerprint density at radius 3 is 2.52 bits per heavy atom. The van der Waals surface area contributed by atoms with E-state index in [1.165, 1.54) is 12.1 Å². The van der Waals surface area contributed by atoms with Gasteiger partial charge in [-0.2, -0.15) is 0 Å². The molecule has 1 aromatic heterocycles. The molecule has 0 aliphatic heterocycles. The number of hydrogen-bond acceptors (Lipinski definition) is 4. The van der Waals surface area contributed by atoms with Crippen molar-refractivity contribution in [1.82, 2.24) is 4.98 Å². The molecule has 0 fully saturated rings. The molecule has 0 saturated carbocycles. The van der Waals surface area contributed by atoms with E-state index in [0.717, 1.165) is 6.07 Å². The Labute approximate surface area is 134 Å². The van der Waals surface area contributed by atoms with Gasteiger partial charge in [-0.3, -0.25) is 9.78 Å². The summed E-state index contributed by atoms with van der Waals surface area (Å²) < 4.78 is 46.9. The third-order valence-corrected chi connectivity index (χ3v) is 3.10. The molecular weight excluding hydrogens is 335 g/mol. The largest absolute Gasteiger partial charge is 0.573 e. The molecule has 4 nitrogen and oxygen atoms in total. The van der Waals surface area contributed by atoms with E-state index in [1.807, 2.05) is 0 Å². The smallest absolute Gasteiger partial charge is 0.487 e. The molecule has 2 aromatic rings. The lowest BCUT2D eigenvalue weighted by Crippen LogP contribution is -2.19. The van der Waals surface area contributed by atoms with Crippen LogP contribution in [0.5, 0.6) is 11.5 Å². The number of rotatable bonds is 5. The van der Waals surface area contributed by atoms with Crippen LogP contribution in [0, 0.1) is 6.92 Å². The SMILES string of the molecule is Cc1ncccc1OCc1c(OC(F)(F)F)cccc1C(=O)Cl. The molecule has 0 amide bonds. The molecule has 0 bridgehead atoms. The van der Waals surface area contributed by atoms with Crippen molar-refractivity contribution in [2.75, 3.05) is 0 Å². The standard InChI is InChI=1S/C15H11ClF3NO3/c1-9-12(6-3-7-20-9)22-8-11-10(14(16)21)4-2-5-13(11)23-15(17,18)19/h2-7H,8H2,1H3. The molecule has 1 aromatic carbocycles. The van der Waals surface area contributed by atoms with Crippen molar-refractivity contribution in [3.05, 3.63) is 53.3 Å². The number of pyridine rings is 1. The van der Waals surface area contributed by atoms with E-state index in [-0.39, 0.29) is 17.7 Å². The first-order valence-corrected chi connectivity index (χ1v) is 6.77. The summed E-state index contributed by atoms with van der Waals surface area (Å²) in [5.74, 6) is -0.159. The summed E-state index contributed by atoms with van der Waals surface area (Å²) in [5, 5.41) is -0.904. The summed E-state index contributed by atoms with van der Waals surface area (Å²) >= 11 is 5.42. The maximum Gasteiger partial charge on any atom is 0.573 e. The van der Waals surface area contributed by atoms with Crippen molar-refractivity contribution in [2.45, 2.75) is 19.9 Å². The number of nitrogens with zero attached hydrogens (tertiary/aromatic N) is 1. The van der Waals surface area contributed by atoms with Gasteiger partial charge >= 0.3 is 6.36 Å². The Morgan fingerprint density at radius 1 is 1.22 bits per heavy atom. The fourth-order valence-electron chi connectivity index (χ4n) is 1.89. The maximum atomic E-state index is 12.5. The number of aryl methyl sites for hydroxylation is 1. The van der Waals surface area contributed by atoms with Crippen molar-refractivity contribution < 1.29 is 27.4 Å². The van der Waals surface area contributed by atoms with E-state index in [0.29, 0.717) is 11.4 Å². The molecule has 0 unspecified atom stereocenters. The van der Waals surface area contributed by atoms with Crippen molar-refractivity contribution >= 4 is 16.8 Å². The first-order chi connectivity index (χ1) is 10.8. The first kappa shape index (κ1) is 17.1. The van der Waals surface area contributed by atoms with Gasteiger partial charge in [-0.05, 0) is 42.8 Å². The predicted molar refractivity (Wildman–Crippen MR) is 76.6 cm³/mol. The number of carbonyl (C=O) groups is 1. The van der Waals surface area contributed by atoms with Gasteiger partial charge < -0.3 is 9.47 Å². The minimum absolute atomic E-state index is 0.0897. The highest BCUT2D eigenvalue weighted by Gasteiger charge is 2.33. The fraction of sp³-hybridized carbons (Fsp3) is 0.200. The Kier molecular flexibility index (Phi) is 5.10. The van der Waals surface area contributed by atoms with Crippen molar-refractivity contribution in [1.29, 1.82) is 0 Å². The van der Waals surface area contributed by atoms with Gasteiger partial charge in [0.25, 0.3) is 5.24 Å². The summed E-state index contributed by atoms with van der Waals surface area (Å²) in [4.78, 5) is 15.4. The first-order valence-electron chi connectivity index (χ1n) is 6.40. The number of benzene rings is 1. The normalized spacial score (nSPS) is 11.2. The average Bonchev–Trinajstić information content (AvgIpc) is 2.45. The molecular formula is C15H11ClF3NO3. The van der Waals surface area contributed by atoms with Crippen LogP contribution in [0.4, 0.5) is 13.2 Å². The third-order valence-electron chi connectivity index (χ3n) is 2.90. The van der Waals surface area contributed by atoms with Crippen molar-refractivity contribution in [2.24, 2.45) is 0 Å². The lowest BCUT2D eigenvalue weighted by atomic mass is 10.1. The number of carbonyl (C=O) groups excluding carboxylic acids is 1. The summed E-state index contributed by atoms with van der Waals surface area (Å²) in [5.41, 5.74) is 0.350. The lowest BCUT2D eigenvalue weighted by Gasteiger charge is -2.16. The second-order valence-electron chi connectivity index (χ2n) is 4.48. The molecule has 122 valence electrons. The van der Waals surface area contributed by atoms with E-state index in [9.17, 15) is 18.0 Å². The van der Waals surface area contributed by atoms with Gasteiger partial charge in [0.1, 0.15) is 18.1 Å². The van der Waals surface area contributed by atoms with Crippen LogP contribution in [-0.2, 0) is 6.61 Å². The second-order valence-corrected chi connectivity index (χ2v) is 4.82. The zero-order valence-corrected chi connectivity index (χ0v) is 12.6. The Balaban J connectivity index is 2.34. The van der Waals surface area contributed by atoms with E-state index in [4.69, 9.17) is 16.3 Å². The lowest BCUT2D eigenvalue weighted by molar-refractivity contribution is -0.275. The summed E-state index contributed by atoms with van der Waals surface area (Å²) in [7, 11) is 0. The minimum Gasteiger partial charge on any atom is -0.487 e. The predicted octanol–water partition coefficient (Wildman–Crippen LogP) is 4.25. The van der Waals surface area contributed by atoms with Gasteiger partial charge in [-0.15, -0.1) is 13.2 Å². The van der Waals surface area contributed by atoms with E-state index in [1.54, 1.807) is 25.3 Å². The molecule has 0 radical (unpaired) electrons. The molecule has 0 spiro atoms. The van der Waals surface area contributed by atoms with Crippen LogP contribution in [-0.4, -0.2) is 16.6 Å². The molecule has 0 aliphatic carbocycles. The van der Waals surface area contributed by atoms with Crippen LogP contribution in [0.1, 0.15) is 21.6 Å². The highest BCUT2D eigenvalue weighted by Crippen LogP contribution is 2.30. The Morgan fingerprint density at radius 2 is 1.91 bits per heavy atom. The molecule has 8 heteroatoms. The Hall–Kier alpha value is -2.28. The maximum absolute atomic E-state index is 12.5. The molecule has 0 aliphatic rings. The highest BCUT2D eigenvalue weighted by molar-refractivity contribution is 6.68. The van der Waals surface area contributed by atoms with Crippen LogP contribution < -0.4 is 9.47 Å². The molecule has 0 atom stereocenters. The van der Waals surface area contributed by atoms with Gasteiger partial charge in [-0.1, -0.05) is 6.07 Å². The van der Waals surface area contributed by atoms with Crippen LogP contribution in [0.15, 0.2) is 36.5 Å². The Bertz CT molecular complexity index is 719. The van der Waals surface area contributed by atoms with Crippen LogP contribution in [0.3, 0.4) is 0 Å². The molecule has 1 heterocycles. The number of halogens is 4. The van der Waals surface area contributed by atoms with Crippen LogP contribution in [0.25, 0.3) is 0 Å². The quantitative estimate of drug-likeness (QED) is 0.760. The second kappa shape index (κ2) is 6.87. The monoisotopic (exact) mass is 345 g/mol. The average molecular weight is 346 g/mol. The molecule has 23 heavy (non-hydrogen) atoms. The van der Waals surface area contributed by atoms with Gasteiger partial charge in [0.15, 0.2) is 0 Å². The topological polar surface area (TPSA) is 48.4 Å². The van der Waals surface area contributed by atoms with Gasteiger partial charge in [0.2, 0.25) is 0 Å². The molecule has 0 saturated heterocycles.